The van der Waals surface area contributed by atoms with Gasteiger partial charge in [-0.15, -0.1) is 5.10 Å². The Bertz CT molecular complexity index is 668. The zero-order chi connectivity index (χ0) is 14.8. The van der Waals surface area contributed by atoms with Gasteiger partial charge in [0.05, 0.1) is 11.6 Å². The third-order valence-corrected chi connectivity index (χ3v) is 3.53. The van der Waals surface area contributed by atoms with E-state index in [-0.39, 0.29) is 18.3 Å². The fraction of sp³-hybridized carbons (Fsp3) is 0.286. The van der Waals surface area contributed by atoms with Gasteiger partial charge < -0.3 is 10.0 Å². The van der Waals surface area contributed by atoms with E-state index in [1.54, 1.807) is 0 Å². The first-order valence-electron chi connectivity index (χ1n) is 6.64. The summed E-state index contributed by atoms with van der Waals surface area (Å²) in [4.78, 5) is 28.7. The number of carbonyl (C=O) groups is 2. The van der Waals surface area contributed by atoms with Crippen LogP contribution >= 0.6 is 0 Å². The van der Waals surface area contributed by atoms with Crippen molar-refractivity contribution in [2.45, 2.75) is 6.42 Å². The minimum atomic E-state index is -0.868. The number of para-hydroxylation sites is 1. The van der Waals surface area contributed by atoms with Gasteiger partial charge in [-0.1, -0.05) is 18.2 Å². The second kappa shape index (κ2) is 5.35. The highest BCUT2D eigenvalue weighted by molar-refractivity contribution is 5.91. The topological polar surface area (TPSA) is 88.3 Å². The number of carboxylic acids is 1. The number of carbonyl (C=O) groups excluding carboxylic acids is 1. The van der Waals surface area contributed by atoms with Crippen LogP contribution in [0.5, 0.6) is 0 Å². The molecule has 1 atom stereocenters. The molecule has 21 heavy (non-hydrogen) atoms. The predicted octanol–water partition coefficient (Wildman–Crippen LogP) is 0.814. The van der Waals surface area contributed by atoms with Crippen LogP contribution in [0, 0.1) is 5.92 Å². The maximum atomic E-state index is 12.3. The maximum absolute atomic E-state index is 12.3. The molecule has 1 aromatic carbocycles. The number of benzene rings is 1. The number of hydrogen-bond acceptors (Lipinski definition) is 4. The Labute approximate surface area is 120 Å². The molecule has 0 radical (unpaired) electrons. The highest BCUT2D eigenvalue weighted by Crippen LogP contribution is 2.18. The van der Waals surface area contributed by atoms with Crippen molar-refractivity contribution in [3.05, 3.63) is 42.5 Å². The Morgan fingerprint density at radius 1 is 1.24 bits per heavy atom. The fourth-order valence-corrected chi connectivity index (χ4v) is 2.35. The molecular formula is C14H14N4O3. The van der Waals surface area contributed by atoms with Crippen LogP contribution in [0.25, 0.3) is 5.69 Å². The maximum Gasteiger partial charge on any atom is 0.308 e. The van der Waals surface area contributed by atoms with Crippen molar-refractivity contribution < 1.29 is 14.7 Å². The molecular weight excluding hydrogens is 272 g/mol. The van der Waals surface area contributed by atoms with Crippen molar-refractivity contribution in [1.29, 1.82) is 0 Å². The molecule has 1 fully saturated rings. The molecule has 1 unspecified atom stereocenters. The quantitative estimate of drug-likeness (QED) is 0.902. The molecule has 2 aromatic rings. The molecule has 0 bridgehead atoms. The summed E-state index contributed by atoms with van der Waals surface area (Å²) in [6.45, 7) is 0.643. The van der Waals surface area contributed by atoms with Crippen LogP contribution in [-0.4, -0.2) is 49.7 Å². The van der Waals surface area contributed by atoms with E-state index in [2.05, 4.69) is 10.1 Å². The minimum Gasteiger partial charge on any atom is -0.481 e. The van der Waals surface area contributed by atoms with Gasteiger partial charge in [0.25, 0.3) is 5.91 Å². The smallest absolute Gasteiger partial charge is 0.308 e. The van der Waals surface area contributed by atoms with E-state index >= 15 is 0 Å². The standard InChI is InChI=1S/C14H14N4O3/c19-13(17-7-6-10(8-17)14(20)21)12-15-9-18(16-12)11-4-2-1-3-5-11/h1-5,9-10H,6-8H2,(H,20,21). The highest BCUT2D eigenvalue weighted by atomic mass is 16.4. The SMILES string of the molecule is O=C(O)C1CCN(C(=O)c2ncn(-c3ccccc3)n2)C1. The van der Waals surface area contributed by atoms with Crippen LogP contribution in [0.3, 0.4) is 0 Å². The lowest BCUT2D eigenvalue weighted by Gasteiger charge is -2.12. The molecule has 0 saturated carbocycles. The lowest BCUT2D eigenvalue weighted by atomic mass is 10.1. The normalized spacial score (nSPS) is 17.9. The molecule has 7 heteroatoms. The first-order chi connectivity index (χ1) is 10.1. The zero-order valence-corrected chi connectivity index (χ0v) is 11.2. The van der Waals surface area contributed by atoms with Crippen LogP contribution in [0.1, 0.15) is 17.0 Å². The monoisotopic (exact) mass is 286 g/mol. The van der Waals surface area contributed by atoms with Gasteiger partial charge in [-0.3, -0.25) is 9.59 Å². The van der Waals surface area contributed by atoms with Gasteiger partial charge in [0.2, 0.25) is 5.82 Å². The Morgan fingerprint density at radius 2 is 2.00 bits per heavy atom. The van der Waals surface area contributed by atoms with Gasteiger partial charge in [0.15, 0.2) is 0 Å². The fourth-order valence-electron chi connectivity index (χ4n) is 2.35. The minimum absolute atomic E-state index is 0.0879. The Balaban J connectivity index is 1.75. The Hall–Kier alpha value is -2.70. The molecule has 1 aromatic heterocycles. The van der Waals surface area contributed by atoms with E-state index in [0.29, 0.717) is 13.0 Å². The van der Waals surface area contributed by atoms with E-state index in [4.69, 9.17) is 5.11 Å². The predicted molar refractivity (Wildman–Crippen MR) is 73.0 cm³/mol. The van der Waals surface area contributed by atoms with Gasteiger partial charge >= 0.3 is 5.97 Å². The first kappa shape index (κ1) is 13.3. The van der Waals surface area contributed by atoms with Gasteiger partial charge in [0, 0.05) is 13.1 Å². The van der Waals surface area contributed by atoms with E-state index in [9.17, 15) is 9.59 Å². The third-order valence-electron chi connectivity index (χ3n) is 3.53. The summed E-state index contributed by atoms with van der Waals surface area (Å²) < 4.78 is 1.53. The van der Waals surface area contributed by atoms with Gasteiger partial charge in [-0.25, -0.2) is 9.67 Å². The second-order valence-electron chi connectivity index (χ2n) is 4.92. The number of aromatic nitrogens is 3. The van der Waals surface area contributed by atoms with E-state index < -0.39 is 11.9 Å². The largest absolute Gasteiger partial charge is 0.481 e. The van der Waals surface area contributed by atoms with E-state index in [0.717, 1.165) is 5.69 Å². The van der Waals surface area contributed by atoms with Crippen molar-refractivity contribution in [2.24, 2.45) is 5.92 Å². The van der Waals surface area contributed by atoms with Crippen molar-refractivity contribution in [2.75, 3.05) is 13.1 Å². The van der Waals surface area contributed by atoms with Gasteiger partial charge in [-0.2, -0.15) is 0 Å². The molecule has 2 heterocycles. The summed E-state index contributed by atoms with van der Waals surface area (Å²) in [7, 11) is 0. The van der Waals surface area contributed by atoms with Crippen molar-refractivity contribution in [1.82, 2.24) is 19.7 Å². The molecule has 0 aliphatic carbocycles. The zero-order valence-electron chi connectivity index (χ0n) is 11.2. The van der Waals surface area contributed by atoms with Crippen LogP contribution < -0.4 is 0 Å². The number of aliphatic carboxylic acids is 1. The number of carboxylic acid groups (broad SMARTS) is 1. The molecule has 0 spiro atoms. The lowest BCUT2D eigenvalue weighted by molar-refractivity contribution is -0.141. The average molecular weight is 286 g/mol. The van der Waals surface area contributed by atoms with Gasteiger partial charge in [0.1, 0.15) is 6.33 Å². The van der Waals surface area contributed by atoms with Crippen LogP contribution in [0.2, 0.25) is 0 Å². The molecule has 108 valence electrons. The number of hydrogen-bond donors (Lipinski definition) is 1. The first-order valence-corrected chi connectivity index (χ1v) is 6.64. The van der Waals surface area contributed by atoms with Crippen LogP contribution in [-0.2, 0) is 4.79 Å². The average Bonchev–Trinajstić information content (AvgIpc) is 3.17. The van der Waals surface area contributed by atoms with Crippen LogP contribution in [0.15, 0.2) is 36.7 Å². The summed E-state index contributed by atoms with van der Waals surface area (Å²) in [5.41, 5.74) is 0.814. The molecule has 1 aliphatic heterocycles. The number of likely N-dealkylation sites (tertiary alicyclic amines) is 1. The molecule has 1 aliphatic rings. The summed E-state index contributed by atoms with van der Waals surface area (Å²) in [6, 6.07) is 9.36. The van der Waals surface area contributed by atoms with Gasteiger partial charge in [-0.05, 0) is 18.6 Å². The van der Waals surface area contributed by atoms with E-state index in [1.165, 1.54) is 15.9 Å². The summed E-state index contributed by atoms with van der Waals surface area (Å²) in [6.07, 6.45) is 1.95. The Morgan fingerprint density at radius 3 is 2.67 bits per heavy atom. The number of rotatable bonds is 3. The second-order valence-corrected chi connectivity index (χ2v) is 4.92. The summed E-state index contributed by atoms with van der Waals surface area (Å²) >= 11 is 0. The van der Waals surface area contributed by atoms with E-state index in [1.807, 2.05) is 30.3 Å². The van der Waals surface area contributed by atoms with Crippen LogP contribution in [0.4, 0.5) is 0 Å². The highest BCUT2D eigenvalue weighted by Gasteiger charge is 2.32. The lowest BCUT2D eigenvalue weighted by Crippen LogP contribution is -2.30. The summed E-state index contributed by atoms with van der Waals surface area (Å²) in [5, 5.41) is 13.1. The number of amides is 1. The van der Waals surface area contributed by atoms with Crippen molar-refractivity contribution in [3.63, 3.8) is 0 Å². The molecule has 3 rings (SSSR count). The molecule has 7 nitrogen and oxygen atoms in total. The molecule has 1 amide bonds. The molecule has 1 N–H and O–H groups in total. The molecule has 1 saturated heterocycles. The third kappa shape index (κ3) is 2.62. The van der Waals surface area contributed by atoms with Crippen molar-refractivity contribution in [3.8, 4) is 5.69 Å². The Kier molecular flexibility index (Phi) is 3.39. The van der Waals surface area contributed by atoms with Crippen molar-refractivity contribution >= 4 is 11.9 Å². The number of nitrogens with zero attached hydrogens (tertiary/aromatic N) is 4. The summed E-state index contributed by atoms with van der Waals surface area (Å²) in [5.74, 6) is -1.60.